The summed E-state index contributed by atoms with van der Waals surface area (Å²) in [5.41, 5.74) is 1.38. The van der Waals surface area contributed by atoms with Gasteiger partial charge >= 0.3 is 5.97 Å². The lowest BCUT2D eigenvalue weighted by Gasteiger charge is -2.38. The minimum absolute atomic E-state index is 0.0738. The van der Waals surface area contributed by atoms with Crippen LogP contribution in [0.1, 0.15) is 50.5 Å². The Morgan fingerprint density at radius 2 is 1.67 bits per heavy atom. The van der Waals surface area contributed by atoms with Gasteiger partial charge in [-0.15, -0.1) is 0 Å². The molecule has 0 radical (unpaired) electrons. The zero-order valence-electron chi connectivity index (χ0n) is 14.4. The standard InChI is InChI=1S/C20H27NO3/c1-14-11-18(20(23)24)13-21(12-14)19(22)17-9-7-16(8-10-17)15-5-3-2-4-6-15/h2-6,14,16-18H,7-13H2,1H3,(H,23,24). The predicted molar refractivity (Wildman–Crippen MR) is 92.6 cm³/mol. The molecule has 1 saturated carbocycles. The highest BCUT2D eigenvalue weighted by molar-refractivity contribution is 5.80. The molecule has 130 valence electrons. The quantitative estimate of drug-likeness (QED) is 0.923. The van der Waals surface area contributed by atoms with E-state index in [-0.39, 0.29) is 17.7 Å². The van der Waals surface area contributed by atoms with Crippen LogP contribution in [0, 0.1) is 17.8 Å². The molecule has 0 bridgehead atoms. The van der Waals surface area contributed by atoms with Crippen molar-refractivity contribution in [2.75, 3.05) is 13.1 Å². The summed E-state index contributed by atoms with van der Waals surface area (Å²) >= 11 is 0. The van der Waals surface area contributed by atoms with Crippen LogP contribution in [0.25, 0.3) is 0 Å². The van der Waals surface area contributed by atoms with E-state index < -0.39 is 11.9 Å². The van der Waals surface area contributed by atoms with Crippen LogP contribution < -0.4 is 0 Å². The maximum Gasteiger partial charge on any atom is 0.308 e. The van der Waals surface area contributed by atoms with Crippen LogP contribution in [-0.2, 0) is 9.59 Å². The fourth-order valence-electron chi connectivity index (χ4n) is 4.37. The van der Waals surface area contributed by atoms with Crippen LogP contribution in [0.4, 0.5) is 0 Å². The number of carbonyl (C=O) groups excluding carboxylic acids is 1. The third-order valence-corrected chi connectivity index (χ3v) is 5.67. The van der Waals surface area contributed by atoms with Gasteiger partial charge in [0.05, 0.1) is 5.92 Å². The van der Waals surface area contributed by atoms with Crippen LogP contribution in [0.5, 0.6) is 0 Å². The molecule has 1 aliphatic heterocycles. The Labute approximate surface area is 143 Å². The molecule has 0 aromatic heterocycles. The number of carboxylic acid groups (broad SMARTS) is 1. The van der Waals surface area contributed by atoms with Gasteiger partial charge in [0.1, 0.15) is 0 Å². The molecule has 0 spiro atoms. The van der Waals surface area contributed by atoms with E-state index in [4.69, 9.17) is 0 Å². The number of hydrogen-bond donors (Lipinski definition) is 1. The van der Waals surface area contributed by atoms with Crippen LogP contribution in [-0.4, -0.2) is 35.0 Å². The van der Waals surface area contributed by atoms with Crippen LogP contribution >= 0.6 is 0 Å². The van der Waals surface area contributed by atoms with E-state index in [1.54, 1.807) is 0 Å². The molecule has 2 fully saturated rings. The van der Waals surface area contributed by atoms with Gasteiger partial charge in [0.15, 0.2) is 0 Å². The number of benzene rings is 1. The summed E-state index contributed by atoms with van der Waals surface area (Å²) in [5, 5.41) is 9.29. The number of carbonyl (C=O) groups is 2. The van der Waals surface area contributed by atoms with Gasteiger partial charge in [0, 0.05) is 19.0 Å². The zero-order valence-corrected chi connectivity index (χ0v) is 14.4. The fraction of sp³-hybridized carbons (Fsp3) is 0.600. The molecule has 3 rings (SSSR count). The Morgan fingerprint density at radius 3 is 2.29 bits per heavy atom. The lowest BCUT2D eigenvalue weighted by atomic mass is 9.78. The third kappa shape index (κ3) is 3.80. The van der Waals surface area contributed by atoms with Crippen LogP contribution in [0.2, 0.25) is 0 Å². The number of nitrogens with zero attached hydrogens (tertiary/aromatic N) is 1. The smallest absolute Gasteiger partial charge is 0.308 e. The van der Waals surface area contributed by atoms with Crippen LogP contribution in [0.3, 0.4) is 0 Å². The fourth-order valence-corrected chi connectivity index (χ4v) is 4.37. The second kappa shape index (κ2) is 7.37. The molecule has 4 nitrogen and oxygen atoms in total. The van der Waals surface area contributed by atoms with Crippen molar-refractivity contribution in [3.05, 3.63) is 35.9 Å². The molecule has 2 unspecified atom stereocenters. The molecular formula is C20H27NO3. The second-order valence-corrected chi connectivity index (χ2v) is 7.58. The van der Waals surface area contributed by atoms with Gasteiger partial charge in [-0.3, -0.25) is 9.59 Å². The van der Waals surface area contributed by atoms with Crippen molar-refractivity contribution in [1.82, 2.24) is 4.90 Å². The summed E-state index contributed by atoms with van der Waals surface area (Å²) in [4.78, 5) is 26.0. The molecular weight excluding hydrogens is 302 g/mol. The highest BCUT2D eigenvalue weighted by Gasteiger charge is 2.36. The number of piperidine rings is 1. The number of aliphatic carboxylic acids is 1. The number of amides is 1. The van der Waals surface area contributed by atoms with E-state index in [1.165, 1.54) is 5.56 Å². The Balaban J connectivity index is 1.58. The van der Waals surface area contributed by atoms with Crippen molar-refractivity contribution in [1.29, 1.82) is 0 Å². The summed E-state index contributed by atoms with van der Waals surface area (Å²) in [6, 6.07) is 10.5. The van der Waals surface area contributed by atoms with Crippen molar-refractivity contribution < 1.29 is 14.7 Å². The predicted octanol–water partition coefficient (Wildman–Crippen LogP) is 3.53. The van der Waals surface area contributed by atoms with E-state index in [2.05, 4.69) is 24.3 Å². The normalized spacial score (nSPS) is 30.8. The molecule has 1 N–H and O–H groups in total. The van der Waals surface area contributed by atoms with Gasteiger partial charge in [0.25, 0.3) is 0 Å². The summed E-state index contributed by atoms with van der Waals surface area (Å²) in [7, 11) is 0. The summed E-state index contributed by atoms with van der Waals surface area (Å²) in [6.07, 6.45) is 4.61. The van der Waals surface area contributed by atoms with E-state index in [1.807, 2.05) is 17.9 Å². The van der Waals surface area contributed by atoms with Gasteiger partial charge in [-0.25, -0.2) is 0 Å². The number of hydrogen-bond acceptors (Lipinski definition) is 2. The Morgan fingerprint density at radius 1 is 1.00 bits per heavy atom. The summed E-state index contributed by atoms with van der Waals surface area (Å²) < 4.78 is 0. The topological polar surface area (TPSA) is 57.6 Å². The number of rotatable bonds is 3. The molecule has 1 aromatic rings. The van der Waals surface area contributed by atoms with E-state index in [0.29, 0.717) is 25.4 Å². The van der Waals surface area contributed by atoms with Crippen molar-refractivity contribution in [3.63, 3.8) is 0 Å². The van der Waals surface area contributed by atoms with Gasteiger partial charge in [0.2, 0.25) is 5.91 Å². The second-order valence-electron chi connectivity index (χ2n) is 7.58. The molecule has 1 amide bonds. The Hall–Kier alpha value is -1.84. The summed E-state index contributed by atoms with van der Waals surface area (Å²) in [6.45, 7) is 3.14. The average molecular weight is 329 g/mol. The molecule has 2 atom stereocenters. The van der Waals surface area contributed by atoms with Crippen LogP contribution in [0.15, 0.2) is 30.3 Å². The first-order chi connectivity index (χ1) is 11.5. The van der Waals surface area contributed by atoms with Gasteiger partial charge in [-0.2, -0.15) is 0 Å². The van der Waals surface area contributed by atoms with Gasteiger partial charge in [-0.1, -0.05) is 37.3 Å². The molecule has 1 aliphatic carbocycles. The van der Waals surface area contributed by atoms with Crippen molar-refractivity contribution >= 4 is 11.9 Å². The maximum absolute atomic E-state index is 12.8. The minimum atomic E-state index is -0.771. The Kier molecular flexibility index (Phi) is 5.22. The monoisotopic (exact) mass is 329 g/mol. The van der Waals surface area contributed by atoms with E-state index in [0.717, 1.165) is 25.7 Å². The Bertz CT molecular complexity index is 578. The molecule has 1 heterocycles. The van der Waals surface area contributed by atoms with Gasteiger partial charge in [-0.05, 0) is 49.5 Å². The van der Waals surface area contributed by atoms with Crippen molar-refractivity contribution in [2.24, 2.45) is 17.8 Å². The highest BCUT2D eigenvalue weighted by atomic mass is 16.4. The maximum atomic E-state index is 12.8. The molecule has 1 aromatic carbocycles. The highest BCUT2D eigenvalue weighted by Crippen LogP contribution is 2.37. The minimum Gasteiger partial charge on any atom is -0.481 e. The van der Waals surface area contributed by atoms with E-state index >= 15 is 0 Å². The first-order valence-electron chi connectivity index (χ1n) is 9.11. The first-order valence-corrected chi connectivity index (χ1v) is 9.11. The largest absolute Gasteiger partial charge is 0.481 e. The summed E-state index contributed by atoms with van der Waals surface area (Å²) in [5.74, 6) is -0.0960. The average Bonchev–Trinajstić information content (AvgIpc) is 2.61. The van der Waals surface area contributed by atoms with Crippen molar-refractivity contribution in [3.8, 4) is 0 Å². The van der Waals surface area contributed by atoms with E-state index in [9.17, 15) is 14.7 Å². The molecule has 2 aliphatic rings. The SMILES string of the molecule is CC1CC(C(=O)O)CN(C(=O)C2CCC(c3ccccc3)CC2)C1. The van der Waals surface area contributed by atoms with Gasteiger partial charge < -0.3 is 10.0 Å². The molecule has 4 heteroatoms. The zero-order chi connectivity index (χ0) is 17.1. The number of carboxylic acids is 1. The molecule has 1 saturated heterocycles. The molecule has 24 heavy (non-hydrogen) atoms. The number of likely N-dealkylation sites (tertiary alicyclic amines) is 1. The lowest BCUT2D eigenvalue weighted by molar-refractivity contribution is -0.148. The van der Waals surface area contributed by atoms with Crippen molar-refractivity contribution in [2.45, 2.75) is 44.9 Å². The lowest BCUT2D eigenvalue weighted by Crippen LogP contribution is -2.48. The third-order valence-electron chi connectivity index (χ3n) is 5.67. The first kappa shape index (κ1) is 17.0.